The molecule has 1 aromatic rings. The first-order valence-electron chi connectivity index (χ1n) is 11.3. The molecule has 0 radical (unpaired) electrons. The fraction of sp³-hybridized carbons (Fsp3) is 0.609. The number of benzene rings is 1. The minimum absolute atomic E-state index is 0.0197. The van der Waals surface area contributed by atoms with Crippen LogP contribution >= 0.6 is 0 Å². The second-order valence-corrected chi connectivity index (χ2v) is 8.80. The molecule has 4 aliphatic rings. The predicted molar refractivity (Wildman–Crippen MR) is 114 cm³/mol. The maximum atomic E-state index is 13.1. The summed E-state index contributed by atoms with van der Waals surface area (Å²) >= 11 is 0. The molecule has 0 saturated carbocycles. The molecule has 4 heterocycles. The van der Waals surface area contributed by atoms with E-state index in [1.165, 1.54) is 0 Å². The smallest absolute Gasteiger partial charge is 0.228 e. The van der Waals surface area contributed by atoms with Crippen molar-refractivity contribution in [2.75, 3.05) is 49.2 Å². The lowest BCUT2D eigenvalue weighted by Gasteiger charge is -2.38. The number of piperidine rings is 1. The molecular formula is C23H29N3O5. The Hall–Kier alpha value is -2.45. The summed E-state index contributed by atoms with van der Waals surface area (Å²) in [6.07, 6.45) is 2.87. The highest BCUT2D eigenvalue weighted by atomic mass is 16.7. The van der Waals surface area contributed by atoms with Crippen LogP contribution in [0.25, 0.3) is 0 Å². The third-order valence-corrected chi connectivity index (χ3v) is 7.00. The number of carbonyl (C=O) groups excluding carboxylic acids is 3. The number of hydrogen-bond acceptors (Lipinski definition) is 5. The van der Waals surface area contributed by atoms with Gasteiger partial charge in [-0.2, -0.15) is 0 Å². The average molecular weight is 428 g/mol. The SMILES string of the molecule is CCC(=O)N1CCc2cc(N3CC(C(=O)N4CCC5(CC4)OCCO5)CC3=O)ccc21. The van der Waals surface area contributed by atoms with E-state index in [1.807, 2.05) is 34.9 Å². The molecule has 8 heteroatoms. The number of hydrogen-bond donors (Lipinski definition) is 0. The lowest BCUT2D eigenvalue weighted by Crippen LogP contribution is -2.49. The van der Waals surface area contributed by atoms with Gasteiger partial charge < -0.3 is 24.2 Å². The standard InChI is InChI=1S/C23H29N3O5/c1-2-20(27)25-8-5-16-13-18(3-4-19(16)25)26-15-17(14-21(26)28)22(29)24-9-6-23(7-10-24)30-11-12-31-23/h3-4,13,17H,2,5-12,14-15H2,1H3. The minimum atomic E-state index is -0.508. The van der Waals surface area contributed by atoms with Gasteiger partial charge in [0.05, 0.1) is 19.1 Å². The van der Waals surface area contributed by atoms with Crippen LogP contribution in [0.2, 0.25) is 0 Å². The minimum Gasteiger partial charge on any atom is -0.347 e. The lowest BCUT2D eigenvalue weighted by atomic mass is 10.0. The quantitative estimate of drug-likeness (QED) is 0.734. The third kappa shape index (κ3) is 3.61. The number of carbonyl (C=O) groups is 3. The van der Waals surface area contributed by atoms with Crippen molar-refractivity contribution in [1.29, 1.82) is 0 Å². The monoisotopic (exact) mass is 427 g/mol. The normalized spacial score (nSPS) is 24.9. The molecule has 1 atom stereocenters. The topological polar surface area (TPSA) is 79.4 Å². The molecule has 8 nitrogen and oxygen atoms in total. The largest absolute Gasteiger partial charge is 0.347 e. The Balaban J connectivity index is 1.24. The summed E-state index contributed by atoms with van der Waals surface area (Å²) in [6, 6.07) is 5.83. The summed E-state index contributed by atoms with van der Waals surface area (Å²) in [7, 11) is 0. The first kappa shape index (κ1) is 20.5. The maximum Gasteiger partial charge on any atom is 0.228 e. The van der Waals surface area contributed by atoms with E-state index in [0.717, 1.165) is 23.4 Å². The van der Waals surface area contributed by atoms with Crippen LogP contribution in [0.15, 0.2) is 18.2 Å². The summed E-state index contributed by atoms with van der Waals surface area (Å²) in [5.41, 5.74) is 2.84. The number of anilines is 2. The Labute approximate surface area is 182 Å². The maximum absolute atomic E-state index is 13.1. The molecule has 0 aromatic heterocycles. The van der Waals surface area contributed by atoms with Gasteiger partial charge in [-0.3, -0.25) is 14.4 Å². The zero-order valence-electron chi connectivity index (χ0n) is 18.0. The fourth-order valence-electron chi connectivity index (χ4n) is 5.24. The summed E-state index contributed by atoms with van der Waals surface area (Å²) < 4.78 is 11.5. The van der Waals surface area contributed by atoms with Crippen LogP contribution < -0.4 is 9.80 Å². The molecule has 3 amide bonds. The molecule has 31 heavy (non-hydrogen) atoms. The number of nitrogens with zero attached hydrogens (tertiary/aromatic N) is 3. The van der Waals surface area contributed by atoms with Crippen LogP contribution in [0.3, 0.4) is 0 Å². The van der Waals surface area contributed by atoms with Crippen LogP contribution in [-0.2, 0) is 30.3 Å². The molecule has 1 unspecified atom stereocenters. The molecule has 0 N–H and O–H groups in total. The highest BCUT2D eigenvalue weighted by Gasteiger charge is 2.43. The van der Waals surface area contributed by atoms with E-state index in [0.29, 0.717) is 58.7 Å². The van der Waals surface area contributed by atoms with Crippen LogP contribution in [-0.4, -0.2) is 67.8 Å². The van der Waals surface area contributed by atoms with Crippen LogP contribution in [0.1, 0.15) is 38.2 Å². The average Bonchev–Trinajstić information content (AvgIpc) is 3.51. The molecule has 1 spiro atoms. The van der Waals surface area contributed by atoms with E-state index in [1.54, 1.807) is 4.90 Å². The van der Waals surface area contributed by atoms with Crippen molar-refractivity contribution >= 4 is 29.1 Å². The van der Waals surface area contributed by atoms with Gasteiger partial charge in [0.1, 0.15) is 0 Å². The zero-order valence-corrected chi connectivity index (χ0v) is 18.0. The number of rotatable bonds is 3. The summed E-state index contributed by atoms with van der Waals surface area (Å²) in [5, 5.41) is 0. The third-order valence-electron chi connectivity index (χ3n) is 7.00. The molecule has 166 valence electrons. The molecule has 3 saturated heterocycles. The van der Waals surface area contributed by atoms with Crippen LogP contribution in [0.5, 0.6) is 0 Å². The Bertz CT molecular complexity index is 900. The van der Waals surface area contributed by atoms with E-state index >= 15 is 0 Å². The van der Waals surface area contributed by atoms with E-state index in [2.05, 4.69) is 0 Å². The van der Waals surface area contributed by atoms with Gasteiger partial charge in [-0.1, -0.05) is 6.92 Å². The second kappa shape index (κ2) is 7.91. The van der Waals surface area contributed by atoms with Crippen molar-refractivity contribution in [2.24, 2.45) is 5.92 Å². The van der Waals surface area contributed by atoms with E-state index in [4.69, 9.17) is 9.47 Å². The molecule has 3 fully saturated rings. The number of likely N-dealkylation sites (tertiary alicyclic amines) is 1. The van der Waals surface area contributed by atoms with Gasteiger partial charge in [-0.15, -0.1) is 0 Å². The Kier molecular flexibility index (Phi) is 5.22. The van der Waals surface area contributed by atoms with Gasteiger partial charge >= 0.3 is 0 Å². The summed E-state index contributed by atoms with van der Waals surface area (Å²) in [4.78, 5) is 43.4. The van der Waals surface area contributed by atoms with Gasteiger partial charge in [0.15, 0.2) is 5.79 Å². The van der Waals surface area contributed by atoms with Crippen molar-refractivity contribution in [2.45, 2.75) is 44.8 Å². The van der Waals surface area contributed by atoms with E-state index in [9.17, 15) is 14.4 Å². The van der Waals surface area contributed by atoms with Gasteiger partial charge in [0, 0.05) is 63.2 Å². The molecule has 0 aliphatic carbocycles. The summed E-state index contributed by atoms with van der Waals surface area (Å²) in [5.74, 6) is -0.686. The fourth-order valence-corrected chi connectivity index (χ4v) is 5.24. The summed E-state index contributed by atoms with van der Waals surface area (Å²) in [6.45, 7) is 5.39. The molecule has 4 aliphatic heterocycles. The second-order valence-electron chi connectivity index (χ2n) is 8.80. The van der Waals surface area contributed by atoms with Gasteiger partial charge in [-0.25, -0.2) is 0 Å². The zero-order chi connectivity index (χ0) is 21.6. The van der Waals surface area contributed by atoms with Gasteiger partial charge in [0.25, 0.3) is 0 Å². The molecule has 0 bridgehead atoms. The number of fused-ring (bicyclic) bond motifs is 1. The van der Waals surface area contributed by atoms with Crippen molar-refractivity contribution in [1.82, 2.24) is 4.90 Å². The molecule has 1 aromatic carbocycles. The Morgan fingerprint density at radius 1 is 1.13 bits per heavy atom. The van der Waals surface area contributed by atoms with Crippen molar-refractivity contribution in [3.63, 3.8) is 0 Å². The Morgan fingerprint density at radius 3 is 2.58 bits per heavy atom. The molecular weight excluding hydrogens is 398 g/mol. The van der Waals surface area contributed by atoms with Crippen molar-refractivity contribution in [3.8, 4) is 0 Å². The first-order chi connectivity index (χ1) is 15.0. The van der Waals surface area contributed by atoms with Gasteiger partial charge in [0.2, 0.25) is 17.7 Å². The van der Waals surface area contributed by atoms with E-state index < -0.39 is 5.79 Å². The van der Waals surface area contributed by atoms with Gasteiger partial charge in [-0.05, 0) is 30.2 Å². The lowest BCUT2D eigenvalue weighted by molar-refractivity contribution is -0.188. The number of amides is 3. The Morgan fingerprint density at radius 2 is 1.87 bits per heavy atom. The van der Waals surface area contributed by atoms with E-state index in [-0.39, 0.29) is 30.1 Å². The number of ether oxygens (including phenoxy) is 2. The van der Waals surface area contributed by atoms with Crippen LogP contribution in [0, 0.1) is 5.92 Å². The highest BCUT2D eigenvalue weighted by Crippen LogP contribution is 2.36. The van der Waals surface area contributed by atoms with Crippen molar-refractivity contribution < 1.29 is 23.9 Å². The predicted octanol–water partition coefficient (Wildman–Crippen LogP) is 1.70. The first-order valence-corrected chi connectivity index (χ1v) is 11.3. The van der Waals surface area contributed by atoms with Crippen molar-refractivity contribution in [3.05, 3.63) is 23.8 Å². The highest BCUT2D eigenvalue weighted by molar-refractivity contribution is 6.01. The van der Waals surface area contributed by atoms with Crippen LogP contribution in [0.4, 0.5) is 11.4 Å². The molecule has 5 rings (SSSR count).